The molecule has 0 unspecified atom stereocenters. The summed E-state index contributed by atoms with van der Waals surface area (Å²) in [5.41, 5.74) is 4.70. The van der Waals surface area contributed by atoms with Crippen LogP contribution in [-0.4, -0.2) is 16.3 Å². The van der Waals surface area contributed by atoms with E-state index in [9.17, 15) is 4.39 Å². The predicted molar refractivity (Wildman–Crippen MR) is 89.4 cm³/mol. The molecular formula is C18H15ClFN3. The maximum atomic E-state index is 13.6. The van der Waals surface area contributed by atoms with Crippen molar-refractivity contribution in [1.29, 1.82) is 0 Å². The number of para-hydroxylation sites is 1. The van der Waals surface area contributed by atoms with E-state index >= 15 is 0 Å². The Bertz CT molecular complexity index is 872. The van der Waals surface area contributed by atoms with Gasteiger partial charge in [0.05, 0.1) is 22.1 Å². The predicted octanol–water partition coefficient (Wildman–Crippen LogP) is 3.98. The molecule has 1 aliphatic heterocycles. The molecule has 0 bridgehead atoms. The molecule has 0 saturated heterocycles. The lowest BCUT2D eigenvalue weighted by Gasteiger charge is -2.16. The summed E-state index contributed by atoms with van der Waals surface area (Å²) >= 11 is 6.35. The molecule has 0 radical (unpaired) electrons. The van der Waals surface area contributed by atoms with Crippen LogP contribution in [0.2, 0.25) is 5.02 Å². The van der Waals surface area contributed by atoms with Crippen LogP contribution in [-0.2, 0) is 13.0 Å². The monoisotopic (exact) mass is 327 g/mol. The number of fused-ring (bicyclic) bond motifs is 1. The third-order valence-electron chi connectivity index (χ3n) is 4.11. The number of hydrogen-bond acceptors (Lipinski definition) is 2. The molecule has 0 aliphatic carbocycles. The molecule has 3 nitrogen and oxygen atoms in total. The van der Waals surface area contributed by atoms with Crippen LogP contribution in [0.15, 0.2) is 48.5 Å². The Kier molecular flexibility index (Phi) is 3.63. The van der Waals surface area contributed by atoms with Gasteiger partial charge < -0.3 is 5.32 Å². The lowest BCUT2D eigenvalue weighted by molar-refractivity contribution is 0.622. The van der Waals surface area contributed by atoms with Crippen molar-refractivity contribution in [2.75, 3.05) is 6.54 Å². The average Bonchev–Trinajstić information content (AvgIpc) is 2.95. The summed E-state index contributed by atoms with van der Waals surface area (Å²) in [7, 11) is 0. The fourth-order valence-corrected chi connectivity index (χ4v) is 3.25. The molecular weight excluding hydrogens is 313 g/mol. The number of hydrogen-bond donors (Lipinski definition) is 1. The normalized spacial score (nSPS) is 13.8. The van der Waals surface area contributed by atoms with Crippen LogP contribution in [0, 0.1) is 5.82 Å². The zero-order valence-electron chi connectivity index (χ0n) is 12.4. The Morgan fingerprint density at radius 2 is 2.00 bits per heavy atom. The Balaban J connectivity index is 1.94. The van der Waals surface area contributed by atoms with Crippen LogP contribution in [0.4, 0.5) is 4.39 Å². The Morgan fingerprint density at radius 3 is 2.83 bits per heavy atom. The average molecular weight is 328 g/mol. The molecule has 2 heterocycles. The van der Waals surface area contributed by atoms with Crippen molar-refractivity contribution in [1.82, 2.24) is 15.1 Å². The standard InChI is InChI=1S/C18H15ClFN3/c19-15-6-1-2-7-17(15)23-16-8-9-21-11-14(16)18(22-23)12-4-3-5-13(20)10-12/h1-7,10,21H,8-9,11H2. The van der Waals surface area contributed by atoms with Crippen molar-refractivity contribution in [2.24, 2.45) is 0 Å². The van der Waals surface area contributed by atoms with E-state index < -0.39 is 0 Å². The second-order valence-corrected chi connectivity index (χ2v) is 5.98. The molecule has 1 N–H and O–H groups in total. The van der Waals surface area contributed by atoms with Gasteiger partial charge in [0.25, 0.3) is 0 Å². The molecule has 5 heteroatoms. The van der Waals surface area contributed by atoms with Gasteiger partial charge in [-0.15, -0.1) is 0 Å². The first kappa shape index (κ1) is 14.4. The van der Waals surface area contributed by atoms with Crippen LogP contribution in [0.5, 0.6) is 0 Å². The number of aromatic nitrogens is 2. The first-order valence-electron chi connectivity index (χ1n) is 7.56. The summed E-state index contributed by atoms with van der Waals surface area (Å²) in [6.07, 6.45) is 0.864. The molecule has 0 fully saturated rings. The minimum absolute atomic E-state index is 0.257. The van der Waals surface area contributed by atoms with E-state index in [1.54, 1.807) is 6.07 Å². The van der Waals surface area contributed by atoms with E-state index in [2.05, 4.69) is 5.32 Å². The number of rotatable bonds is 2. The highest BCUT2D eigenvalue weighted by Crippen LogP contribution is 2.31. The maximum absolute atomic E-state index is 13.6. The zero-order chi connectivity index (χ0) is 15.8. The summed E-state index contributed by atoms with van der Waals surface area (Å²) in [5.74, 6) is -0.257. The molecule has 1 aromatic heterocycles. The van der Waals surface area contributed by atoms with Gasteiger partial charge in [0, 0.05) is 30.6 Å². The van der Waals surface area contributed by atoms with Gasteiger partial charge in [-0.1, -0.05) is 35.9 Å². The van der Waals surface area contributed by atoms with Gasteiger partial charge in [0.1, 0.15) is 5.82 Å². The van der Waals surface area contributed by atoms with E-state index in [0.717, 1.165) is 47.7 Å². The third-order valence-corrected chi connectivity index (χ3v) is 4.43. The minimum atomic E-state index is -0.257. The fourth-order valence-electron chi connectivity index (χ4n) is 3.04. The van der Waals surface area contributed by atoms with Crippen LogP contribution in [0.25, 0.3) is 16.9 Å². The first-order chi connectivity index (χ1) is 11.2. The van der Waals surface area contributed by atoms with Crippen molar-refractivity contribution in [3.63, 3.8) is 0 Å². The smallest absolute Gasteiger partial charge is 0.123 e. The van der Waals surface area contributed by atoms with E-state index in [1.165, 1.54) is 12.1 Å². The number of benzene rings is 2. The molecule has 0 saturated carbocycles. The van der Waals surface area contributed by atoms with E-state index in [-0.39, 0.29) is 5.82 Å². The molecule has 23 heavy (non-hydrogen) atoms. The lowest BCUT2D eigenvalue weighted by Crippen LogP contribution is -2.24. The third kappa shape index (κ3) is 2.54. The zero-order valence-corrected chi connectivity index (χ0v) is 13.1. The van der Waals surface area contributed by atoms with E-state index in [4.69, 9.17) is 16.7 Å². The first-order valence-corrected chi connectivity index (χ1v) is 7.94. The summed E-state index contributed by atoms with van der Waals surface area (Å²) in [6, 6.07) is 14.2. The van der Waals surface area contributed by atoms with Crippen molar-refractivity contribution in [2.45, 2.75) is 13.0 Å². The molecule has 0 amide bonds. The van der Waals surface area contributed by atoms with Gasteiger partial charge in [0.15, 0.2) is 0 Å². The SMILES string of the molecule is Fc1cccc(-c2nn(-c3ccccc3Cl)c3c2CNCC3)c1. The van der Waals surface area contributed by atoms with E-state index in [0.29, 0.717) is 5.02 Å². The van der Waals surface area contributed by atoms with Gasteiger partial charge in [0.2, 0.25) is 0 Å². The van der Waals surface area contributed by atoms with Gasteiger partial charge in [-0.3, -0.25) is 0 Å². The molecule has 0 atom stereocenters. The van der Waals surface area contributed by atoms with Crippen LogP contribution < -0.4 is 5.32 Å². The quantitative estimate of drug-likeness (QED) is 0.771. The highest BCUT2D eigenvalue weighted by atomic mass is 35.5. The maximum Gasteiger partial charge on any atom is 0.123 e. The topological polar surface area (TPSA) is 29.9 Å². The molecule has 3 aromatic rings. The largest absolute Gasteiger partial charge is 0.312 e. The van der Waals surface area contributed by atoms with Gasteiger partial charge in [-0.2, -0.15) is 5.10 Å². The molecule has 4 rings (SSSR count). The molecule has 2 aromatic carbocycles. The van der Waals surface area contributed by atoms with Crippen molar-refractivity contribution in [3.05, 3.63) is 70.6 Å². The van der Waals surface area contributed by atoms with Crippen molar-refractivity contribution < 1.29 is 4.39 Å². The highest BCUT2D eigenvalue weighted by molar-refractivity contribution is 6.32. The second kappa shape index (κ2) is 5.80. The molecule has 1 aliphatic rings. The van der Waals surface area contributed by atoms with Gasteiger partial charge in [-0.25, -0.2) is 9.07 Å². The van der Waals surface area contributed by atoms with Crippen LogP contribution in [0.3, 0.4) is 0 Å². The number of nitrogens with one attached hydrogen (secondary N) is 1. The lowest BCUT2D eigenvalue weighted by atomic mass is 10.0. The summed E-state index contributed by atoms with van der Waals surface area (Å²) < 4.78 is 15.5. The Morgan fingerprint density at radius 1 is 1.13 bits per heavy atom. The summed E-state index contributed by atoms with van der Waals surface area (Å²) in [4.78, 5) is 0. The second-order valence-electron chi connectivity index (χ2n) is 5.57. The molecule has 116 valence electrons. The number of nitrogens with zero attached hydrogens (tertiary/aromatic N) is 2. The van der Waals surface area contributed by atoms with Crippen molar-refractivity contribution in [3.8, 4) is 16.9 Å². The van der Waals surface area contributed by atoms with E-state index in [1.807, 2.05) is 35.0 Å². The van der Waals surface area contributed by atoms with Crippen molar-refractivity contribution >= 4 is 11.6 Å². The molecule has 0 spiro atoms. The fraction of sp³-hybridized carbons (Fsp3) is 0.167. The number of halogens is 2. The minimum Gasteiger partial charge on any atom is -0.312 e. The summed E-state index contributed by atoms with van der Waals surface area (Å²) in [6.45, 7) is 1.62. The summed E-state index contributed by atoms with van der Waals surface area (Å²) in [5, 5.41) is 8.78. The van der Waals surface area contributed by atoms with Crippen LogP contribution >= 0.6 is 11.6 Å². The Labute approximate surface area is 138 Å². The van der Waals surface area contributed by atoms with Crippen LogP contribution in [0.1, 0.15) is 11.3 Å². The highest BCUT2D eigenvalue weighted by Gasteiger charge is 2.23. The van der Waals surface area contributed by atoms with Gasteiger partial charge in [-0.05, 0) is 24.3 Å². The van der Waals surface area contributed by atoms with Gasteiger partial charge >= 0.3 is 0 Å². The Hall–Kier alpha value is -2.17.